The molecule has 1 heterocycles. The summed E-state index contributed by atoms with van der Waals surface area (Å²) < 4.78 is 27.3. The lowest BCUT2D eigenvalue weighted by atomic mass is 10.0. The Bertz CT molecular complexity index is 1050. The lowest BCUT2D eigenvalue weighted by Crippen LogP contribution is -2.56. The maximum Gasteiger partial charge on any atom is 0.263 e. The van der Waals surface area contributed by atoms with Gasteiger partial charge in [0.15, 0.2) is 6.10 Å². The number of nitrogens with two attached hydrogens (primary N) is 1. The molecule has 0 fully saturated rings. The first-order chi connectivity index (χ1) is 15.6. The quantitative estimate of drug-likeness (QED) is 0.671. The van der Waals surface area contributed by atoms with Gasteiger partial charge in [0.2, 0.25) is 11.8 Å². The molecular weight excluding hydrogens is 432 g/mol. The molecule has 3 N–H and O–H groups in total. The molecule has 0 saturated heterocycles. The molecule has 1 aliphatic rings. The molecule has 7 nitrogen and oxygen atoms in total. The minimum atomic E-state index is -2.09. The summed E-state index contributed by atoms with van der Waals surface area (Å²) in [6, 6.07) is 8.48. The average Bonchev–Trinajstić information content (AvgIpc) is 2.92. The number of nitrogens with zero attached hydrogens (tertiary/aromatic N) is 2. The van der Waals surface area contributed by atoms with Gasteiger partial charge in [0.1, 0.15) is 17.7 Å². The molecule has 4 atom stereocenters. The van der Waals surface area contributed by atoms with Crippen molar-refractivity contribution in [2.75, 3.05) is 7.05 Å². The van der Waals surface area contributed by atoms with Crippen molar-refractivity contribution in [3.8, 4) is 0 Å². The van der Waals surface area contributed by atoms with Crippen LogP contribution in [0.15, 0.2) is 60.7 Å². The highest BCUT2D eigenvalue weighted by molar-refractivity contribution is 6.04. The molecule has 2 aromatic rings. The van der Waals surface area contributed by atoms with Crippen LogP contribution in [-0.4, -0.2) is 51.8 Å². The summed E-state index contributed by atoms with van der Waals surface area (Å²) in [5.41, 5.74) is 6.19. The number of aliphatic hydroxyl groups excluding tert-OH is 1. The second kappa shape index (κ2) is 10.0. The SMILES string of the molecule is C[C@H](N)C(=O)N(C(=O)[C@@H](O)c1cc(F)cc(F)c1)[C@H]1C=CC[C@@H](c2ccccc2)N(C)C1=O. The summed E-state index contributed by atoms with van der Waals surface area (Å²) >= 11 is 0. The number of rotatable bonds is 5. The van der Waals surface area contributed by atoms with Gasteiger partial charge >= 0.3 is 0 Å². The maximum absolute atomic E-state index is 13.6. The number of hydrogen-bond acceptors (Lipinski definition) is 5. The lowest BCUT2D eigenvalue weighted by Gasteiger charge is -2.34. The van der Waals surface area contributed by atoms with Crippen molar-refractivity contribution in [2.45, 2.75) is 37.6 Å². The highest BCUT2D eigenvalue weighted by atomic mass is 19.1. The van der Waals surface area contributed by atoms with Gasteiger partial charge in [0.25, 0.3) is 5.91 Å². The van der Waals surface area contributed by atoms with Crippen molar-refractivity contribution >= 4 is 17.7 Å². The predicted molar refractivity (Wildman–Crippen MR) is 116 cm³/mol. The number of carbonyl (C=O) groups is 3. The molecule has 1 aliphatic heterocycles. The van der Waals surface area contributed by atoms with E-state index in [1.165, 1.54) is 17.9 Å². The summed E-state index contributed by atoms with van der Waals surface area (Å²) in [7, 11) is 1.55. The fraction of sp³-hybridized carbons (Fsp3) is 0.292. The Morgan fingerprint density at radius 2 is 1.73 bits per heavy atom. The van der Waals surface area contributed by atoms with Gasteiger partial charge in [-0.3, -0.25) is 19.3 Å². The fourth-order valence-corrected chi connectivity index (χ4v) is 3.78. The normalized spacial score (nSPS) is 20.2. The average molecular weight is 457 g/mol. The Labute approximate surface area is 190 Å². The summed E-state index contributed by atoms with van der Waals surface area (Å²) in [6.45, 7) is 1.33. The van der Waals surface area contributed by atoms with Crippen LogP contribution in [0.3, 0.4) is 0 Å². The molecule has 0 spiro atoms. The molecule has 2 aromatic carbocycles. The molecule has 3 amide bonds. The first kappa shape index (κ1) is 24.2. The summed E-state index contributed by atoms with van der Waals surface area (Å²) in [5, 5.41) is 10.6. The van der Waals surface area contributed by atoms with Gasteiger partial charge in [-0.05, 0) is 36.6 Å². The van der Waals surface area contributed by atoms with Crippen molar-refractivity contribution < 1.29 is 28.3 Å². The van der Waals surface area contributed by atoms with Gasteiger partial charge in [-0.25, -0.2) is 8.78 Å². The molecule has 174 valence electrons. The number of hydrogen-bond donors (Lipinski definition) is 2. The maximum atomic E-state index is 13.6. The Kier molecular flexibility index (Phi) is 7.35. The summed E-state index contributed by atoms with van der Waals surface area (Å²) in [5.74, 6) is -4.70. The lowest BCUT2D eigenvalue weighted by molar-refractivity contribution is -0.158. The van der Waals surface area contributed by atoms with E-state index in [-0.39, 0.29) is 11.6 Å². The van der Waals surface area contributed by atoms with E-state index in [2.05, 4.69) is 0 Å². The van der Waals surface area contributed by atoms with Gasteiger partial charge in [-0.2, -0.15) is 0 Å². The fourth-order valence-electron chi connectivity index (χ4n) is 3.78. The van der Waals surface area contributed by atoms with Crippen LogP contribution in [0.25, 0.3) is 0 Å². The van der Waals surface area contributed by atoms with Crippen LogP contribution >= 0.6 is 0 Å². The number of aliphatic hydroxyl groups is 1. The highest BCUT2D eigenvalue weighted by Crippen LogP contribution is 2.29. The van der Waals surface area contributed by atoms with Crippen molar-refractivity contribution in [1.82, 2.24) is 9.80 Å². The number of imide groups is 1. The largest absolute Gasteiger partial charge is 0.378 e. The molecule has 0 aromatic heterocycles. The van der Waals surface area contributed by atoms with E-state index in [1.54, 1.807) is 13.1 Å². The molecular formula is C24H25F2N3O4. The zero-order chi connectivity index (χ0) is 24.3. The van der Waals surface area contributed by atoms with E-state index in [0.29, 0.717) is 17.4 Å². The molecule has 0 aliphatic carbocycles. The van der Waals surface area contributed by atoms with Crippen molar-refractivity contribution in [3.05, 3.63) is 83.4 Å². The number of likely N-dealkylation sites (N-methyl/N-ethyl adjacent to an activating group) is 1. The predicted octanol–water partition coefficient (Wildman–Crippen LogP) is 2.23. The zero-order valence-corrected chi connectivity index (χ0v) is 18.2. The van der Waals surface area contributed by atoms with Crippen molar-refractivity contribution in [1.29, 1.82) is 0 Å². The van der Waals surface area contributed by atoms with Crippen LogP contribution in [0.4, 0.5) is 8.78 Å². The number of carbonyl (C=O) groups excluding carboxylic acids is 3. The third-order valence-corrected chi connectivity index (χ3v) is 5.51. The van der Waals surface area contributed by atoms with Gasteiger partial charge in [0.05, 0.1) is 12.1 Å². The van der Waals surface area contributed by atoms with Gasteiger partial charge < -0.3 is 15.7 Å². The Hall–Kier alpha value is -3.43. The molecule has 0 unspecified atom stereocenters. The molecule has 3 rings (SSSR count). The second-order valence-electron chi connectivity index (χ2n) is 7.92. The Balaban J connectivity index is 1.97. The monoisotopic (exact) mass is 457 g/mol. The Morgan fingerprint density at radius 1 is 1.12 bits per heavy atom. The van der Waals surface area contributed by atoms with E-state index in [1.807, 2.05) is 30.3 Å². The number of amides is 3. The number of halogens is 2. The van der Waals surface area contributed by atoms with Crippen LogP contribution in [-0.2, 0) is 14.4 Å². The summed E-state index contributed by atoms with van der Waals surface area (Å²) in [4.78, 5) is 41.4. The Morgan fingerprint density at radius 3 is 2.30 bits per heavy atom. The zero-order valence-electron chi connectivity index (χ0n) is 18.2. The molecule has 9 heteroatoms. The third kappa shape index (κ3) is 5.15. The van der Waals surface area contributed by atoms with Gasteiger partial charge in [0, 0.05) is 13.1 Å². The number of benzene rings is 2. The van der Waals surface area contributed by atoms with Crippen molar-refractivity contribution in [3.63, 3.8) is 0 Å². The third-order valence-electron chi connectivity index (χ3n) is 5.51. The smallest absolute Gasteiger partial charge is 0.263 e. The minimum Gasteiger partial charge on any atom is -0.378 e. The van der Waals surface area contributed by atoms with E-state index < -0.39 is 47.5 Å². The van der Waals surface area contributed by atoms with Crippen LogP contribution < -0.4 is 5.73 Å². The van der Waals surface area contributed by atoms with E-state index in [4.69, 9.17) is 5.73 Å². The van der Waals surface area contributed by atoms with Crippen LogP contribution in [0.2, 0.25) is 0 Å². The first-order valence-corrected chi connectivity index (χ1v) is 10.4. The van der Waals surface area contributed by atoms with E-state index >= 15 is 0 Å². The van der Waals surface area contributed by atoms with E-state index in [0.717, 1.165) is 17.7 Å². The molecule has 0 saturated carbocycles. The van der Waals surface area contributed by atoms with Crippen molar-refractivity contribution in [2.24, 2.45) is 5.73 Å². The molecule has 0 bridgehead atoms. The van der Waals surface area contributed by atoms with E-state index in [9.17, 15) is 28.3 Å². The highest BCUT2D eigenvalue weighted by Gasteiger charge is 2.41. The van der Waals surface area contributed by atoms with Gasteiger partial charge in [-0.1, -0.05) is 42.5 Å². The first-order valence-electron chi connectivity index (χ1n) is 10.4. The van der Waals surface area contributed by atoms with Gasteiger partial charge in [-0.15, -0.1) is 0 Å². The summed E-state index contributed by atoms with van der Waals surface area (Å²) in [6.07, 6.45) is 1.41. The second-order valence-corrected chi connectivity index (χ2v) is 7.92. The minimum absolute atomic E-state index is 0.343. The molecule has 33 heavy (non-hydrogen) atoms. The standard InChI is InChI=1S/C24H25F2N3O4/c1-14(27)22(31)29(24(33)21(30)16-11-17(25)13-18(26)12-16)20-10-6-9-19(28(2)23(20)32)15-7-4-3-5-8-15/h3-8,10-14,19-21,30H,9,27H2,1-2H3/t14-,19-,20-,21-/m0/s1. The van der Waals surface area contributed by atoms with Crippen LogP contribution in [0, 0.1) is 11.6 Å². The topological polar surface area (TPSA) is 104 Å². The van der Waals surface area contributed by atoms with Crippen LogP contribution in [0.1, 0.15) is 36.6 Å². The molecule has 0 radical (unpaired) electrons. The van der Waals surface area contributed by atoms with Crippen LogP contribution in [0.5, 0.6) is 0 Å².